The largest absolute Gasteiger partial charge is 0.365 e. The lowest BCUT2D eigenvalue weighted by Gasteiger charge is -2.17. The number of benzene rings is 2. The summed E-state index contributed by atoms with van der Waals surface area (Å²) >= 11 is 0. The number of hydrogen-bond donors (Lipinski definition) is 0. The van der Waals surface area contributed by atoms with E-state index in [9.17, 15) is 0 Å². The summed E-state index contributed by atoms with van der Waals surface area (Å²) in [5.74, 6) is 0. The number of rotatable bonds is 6. The van der Waals surface area contributed by atoms with Gasteiger partial charge in [0.25, 0.3) is 0 Å². The number of ether oxygens (including phenoxy) is 1. The molecule has 0 fully saturated rings. The molecule has 0 radical (unpaired) electrons. The van der Waals surface area contributed by atoms with E-state index in [4.69, 9.17) is 4.74 Å². The summed E-state index contributed by atoms with van der Waals surface area (Å²) in [5, 5.41) is 9.11. The predicted molar refractivity (Wildman–Crippen MR) is 92.6 cm³/mol. The number of aromatic nitrogens is 3. The minimum absolute atomic E-state index is 0.239. The maximum atomic E-state index is 5.89. The highest BCUT2D eigenvalue weighted by atomic mass is 16.5. The van der Waals surface area contributed by atoms with E-state index in [0.29, 0.717) is 6.61 Å². The van der Waals surface area contributed by atoms with Crippen molar-refractivity contribution in [3.8, 4) is 5.69 Å². The zero-order valence-electron chi connectivity index (χ0n) is 13.1. The molecule has 23 heavy (non-hydrogen) atoms. The molecule has 2 aromatic carbocycles. The average molecular weight is 305 g/mol. The SMILES string of the molecule is C=CC(OCC(=C)C)c1ccccc1-n1nc2ccccc2n1. The van der Waals surface area contributed by atoms with Crippen molar-refractivity contribution in [3.63, 3.8) is 0 Å². The van der Waals surface area contributed by atoms with Gasteiger partial charge in [0.15, 0.2) is 0 Å². The first-order chi connectivity index (χ1) is 11.2. The van der Waals surface area contributed by atoms with Crippen LogP contribution >= 0.6 is 0 Å². The molecule has 0 saturated carbocycles. The Hall–Kier alpha value is -2.72. The highest BCUT2D eigenvalue weighted by Crippen LogP contribution is 2.26. The average Bonchev–Trinajstić information content (AvgIpc) is 2.99. The topological polar surface area (TPSA) is 39.9 Å². The molecular formula is C19H19N3O. The Kier molecular flexibility index (Phi) is 4.35. The van der Waals surface area contributed by atoms with Gasteiger partial charge in [-0.2, -0.15) is 4.80 Å². The molecule has 0 spiro atoms. The molecule has 0 bridgehead atoms. The fraction of sp³-hybridized carbons (Fsp3) is 0.158. The van der Waals surface area contributed by atoms with Crippen molar-refractivity contribution in [2.24, 2.45) is 0 Å². The summed E-state index contributed by atoms with van der Waals surface area (Å²) in [6.45, 7) is 10.2. The number of para-hydroxylation sites is 1. The Balaban J connectivity index is 2.02. The van der Waals surface area contributed by atoms with Gasteiger partial charge in [0, 0.05) is 5.56 Å². The summed E-state index contributed by atoms with van der Waals surface area (Å²) in [5.41, 5.74) is 4.55. The monoisotopic (exact) mass is 305 g/mol. The lowest BCUT2D eigenvalue weighted by Crippen LogP contribution is -2.09. The van der Waals surface area contributed by atoms with E-state index < -0.39 is 0 Å². The molecule has 3 aromatic rings. The molecule has 1 aromatic heterocycles. The summed E-state index contributed by atoms with van der Waals surface area (Å²) < 4.78 is 5.89. The Morgan fingerprint density at radius 1 is 1.13 bits per heavy atom. The van der Waals surface area contributed by atoms with Crippen LogP contribution in [-0.4, -0.2) is 21.6 Å². The van der Waals surface area contributed by atoms with Gasteiger partial charge in [-0.25, -0.2) is 0 Å². The Morgan fingerprint density at radius 3 is 2.35 bits per heavy atom. The van der Waals surface area contributed by atoms with Crippen LogP contribution in [0.4, 0.5) is 0 Å². The maximum absolute atomic E-state index is 5.89. The van der Waals surface area contributed by atoms with E-state index in [1.807, 2.05) is 55.5 Å². The van der Waals surface area contributed by atoms with Crippen LogP contribution in [0.1, 0.15) is 18.6 Å². The maximum Gasteiger partial charge on any atom is 0.113 e. The van der Waals surface area contributed by atoms with Gasteiger partial charge in [0.1, 0.15) is 17.1 Å². The molecule has 116 valence electrons. The number of hydrogen-bond acceptors (Lipinski definition) is 3. The molecule has 0 aliphatic carbocycles. The fourth-order valence-corrected chi connectivity index (χ4v) is 2.39. The Morgan fingerprint density at radius 2 is 1.74 bits per heavy atom. The van der Waals surface area contributed by atoms with Crippen LogP contribution in [0.5, 0.6) is 0 Å². The highest BCUT2D eigenvalue weighted by molar-refractivity contribution is 5.73. The molecule has 0 aliphatic heterocycles. The second-order valence-corrected chi connectivity index (χ2v) is 5.46. The van der Waals surface area contributed by atoms with Crippen LogP contribution < -0.4 is 0 Å². The first-order valence-electron chi connectivity index (χ1n) is 7.49. The first kappa shape index (κ1) is 15.2. The molecule has 1 atom stereocenters. The van der Waals surface area contributed by atoms with Crippen molar-refractivity contribution >= 4 is 11.0 Å². The standard InChI is InChI=1S/C19H19N3O/c1-4-19(23-13-14(2)3)15-9-5-8-12-18(15)22-20-16-10-6-7-11-17(16)21-22/h4-12,19H,1-2,13H2,3H3. The number of nitrogens with zero attached hydrogens (tertiary/aromatic N) is 3. The van der Waals surface area contributed by atoms with E-state index in [-0.39, 0.29) is 6.10 Å². The van der Waals surface area contributed by atoms with Crippen LogP contribution in [0.3, 0.4) is 0 Å². The molecule has 0 saturated heterocycles. The Bertz CT molecular complexity index is 817. The van der Waals surface area contributed by atoms with Gasteiger partial charge in [-0.3, -0.25) is 0 Å². The Labute approximate surface area is 135 Å². The fourth-order valence-electron chi connectivity index (χ4n) is 2.39. The van der Waals surface area contributed by atoms with E-state index >= 15 is 0 Å². The van der Waals surface area contributed by atoms with Gasteiger partial charge in [0.05, 0.1) is 12.3 Å². The second-order valence-electron chi connectivity index (χ2n) is 5.46. The van der Waals surface area contributed by atoms with E-state index in [1.165, 1.54) is 0 Å². The quantitative estimate of drug-likeness (QED) is 0.639. The van der Waals surface area contributed by atoms with Crippen LogP contribution in [-0.2, 0) is 4.74 Å². The van der Waals surface area contributed by atoms with Crippen LogP contribution in [0.2, 0.25) is 0 Å². The highest BCUT2D eigenvalue weighted by Gasteiger charge is 2.15. The van der Waals surface area contributed by atoms with Gasteiger partial charge < -0.3 is 4.74 Å². The van der Waals surface area contributed by atoms with E-state index in [0.717, 1.165) is 27.9 Å². The van der Waals surface area contributed by atoms with Crippen molar-refractivity contribution in [2.75, 3.05) is 6.61 Å². The lowest BCUT2D eigenvalue weighted by atomic mass is 10.1. The summed E-state index contributed by atoms with van der Waals surface area (Å²) in [6, 6.07) is 15.7. The summed E-state index contributed by atoms with van der Waals surface area (Å²) in [6.07, 6.45) is 1.54. The molecule has 0 amide bonds. The van der Waals surface area contributed by atoms with E-state index in [2.05, 4.69) is 23.4 Å². The molecule has 1 unspecified atom stereocenters. The van der Waals surface area contributed by atoms with Crippen molar-refractivity contribution in [2.45, 2.75) is 13.0 Å². The molecule has 0 aliphatic rings. The van der Waals surface area contributed by atoms with Crippen LogP contribution in [0.25, 0.3) is 16.7 Å². The van der Waals surface area contributed by atoms with Crippen molar-refractivity contribution in [3.05, 3.63) is 78.9 Å². The zero-order chi connectivity index (χ0) is 16.2. The lowest BCUT2D eigenvalue weighted by molar-refractivity contribution is 0.105. The predicted octanol–water partition coefficient (Wildman–Crippen LogP) is 4.24. The van der Waals surface area contributed by atoms with Gasteiger partial charge in [-0.1, -0.05) is 48.6 Å². The second kappa shape index (κ2) is 6.58. The third-order valence-corrected chi connectivity index (χ3v) is 3.47. The summed E-state index contributed by atoms with van der Waals surface area (Å²) in [4.78, 5) is 1.65. The van der Waals surface area contributed by atoms with Crippen LogP contribution in [0, 0.1) is 0 Å². The third-order valence-electron chi connectivity index (χ3n) is 3.47. The van der Waals surface area contributed by atoms with Crippen molar-refractivity contribution in [1.29, 1.82) is 0 Å². The zero-order valence-corrected chi connectivity index (χ0v) is 13.1. The number of fused-ring (bicyclic) bond motifs is 1. The summed E-state index contributed by atoms with van der Waals surface area (Å²) in [7, 11) is 0. The first-order valence-corrected chi connectivity index (χ1v) is 7.49. The molecule has 4 nitrogen and oxygen atoms in total. The molecular weight excluding hydrogens is 286 g/mol. The molecule has 4 heteroatoms. The van der Waals surface area contributed by atoms with E-state index in [1.54, 1.807) is 10.9 Å². The molecule has 1 heterocycles. The van der Waals surface area contributed by atoms with Gasteiger partial charge >= 0.3 is 0 Å². The van der Waals surface area contributed by atoms with Crippen LogP contribution in [0.15, 0.2) is 73.3 Å². The van der Waals surface area contributed by atoms with Gasteiger partial charge in [-0.15, -0.1) is 16.8 Å². The minimum Gasteiger partial charge on any atom is -0.365 e. The minimum atomic E-state index is -0.239. The third kappa shape index (κ3) is 3.22. The smallest absolute Gasteiger partial charge is 0.113 e. The molecule has 0 N–H and O–H groups in total. The van der Waals surface area contributed by atoms with Gasteiger partial charge in [-0.05, 0) is 25.1 Å². The normalized spacial score (nSPS) is 12.2. The van der Waals surface area contributed by atoms with Crippen molar-refractivity contribution in [1.82, 2.24) is 15.0 Å². The van der Waals surface area contributed by atoms with Gasteiger partial charge in [0.2, 0.25) is 0 Å². The molecule has 3 rings (SSSR count). The van der Waals surface area contributed by atoms with Crippen molar-refractivity contribution < 1.29 is 4.74 Å².